The second-order valence-electron chi connectivity index (χ2n) is 5.09. The van der Waals surface area contributed by atoms with Crippen molar-refractivity contribution in [3.63, 3.8) is 0 Å². The summed E-state index contributed by atoms with van der Waals surface area (Å²) in [5.41, 5.74) is -0.409. The number of likely N-dealkylation sites (N-methyl/N-ethyl adjacent to an activating group) is 1. The molecule has 96 valence electrons. The van der Waals surface area contributed by atoms with Crippen molar-refractivity contribution in [1.82, 2.24) is 10.2 Å². The summed E-state index contributed by atoms with van der Waals surface area (Å²) in [6, 6.07) is 0.272. The van der Waals surface area contributed by atoms with E-state index in [2.05, 4.69) is 5.32 Å². The molecule has 1 aliphatic rings. The van der Waals surface area contributed by atoms with Gasteiger partial charge < -0.3 is 15.0 Å². The van der Waals surface area contributed by atoms with Crippen LogP contribution in [0.3, 0.4) is 0 Å². The molecule has 1 fully saturated rings. The SMILES string of the molecule is CN(C(=O)OC(C)(C)C)[C@H]1CCCNC1.Cl. The molecule has 5 heteroatoms. The Morgan fingerprint density at radius 1 is 1.44 bits per heavy atom. The number of ether oxygens (including phenoxy) is 1. The van der Waals surface area contributed by atoms with Crippen LogP contribution in [0.2, 0.25) is 0 Å². The van der Waals surface area contributed by atoms with Gasteiger partial charge in [-0.25, -0.2) is 4.79 Å². The number of hydrogen-bond donors (Lipinski definition) is 1. The normalized spacial score (nSPS) is 20.9. The molecule has 1 heterocycles. The van der Waals surface area contributed by atoms with E-state index < -0.39 is 5.60 Å². The van der Waals surface area contributed by atoms with Gasteiger partial charge in [0.15, 0.2) is 0 Å². The highest BCUT2D eigenvalue weighted by Crippen LogP contribution is 2.14. The summed E-state index contributed by atoms with van der Waals surface area (Å²) in [6.45, 7) is 7.59. The number of carbonyl (C=O) groups is 1. The quantitative estimate of drug-likeness (QED) is 0.774. The lowest BCUT2D eigenvalue weighted by Gasteiger charge is -2.33. The molecule has 1 atom stereocenters. The fraction of sp³-hybridized carbons (Fsp3) is 0.909. The zero-order valence-corrected chi connectivity index (χ0v) is 11.4. The third kappa shape index (κ3) is 5.03. The first-order valence-electron chi connectivity index (χ1n) is 5.56. The number of piperidine rings is 1. The van der Waals surface area contributed by atoms with Crippen LogP contribution in [-0.2, 0) is 4.74 Å². The first kappa shape index (κ1) is 15.5. The number of nitrogens with one attached hydrogen (secondary N) is 1. The van der Waals surface area contributed by atoms with E-state index >= 15 is 0 Å². The van der Waals surface area contributed by atoms with Crippen LogP contribution in [0.25, 0.3) is 0 Å². The molecular formula is C11H23ClN2O2. The first-order chi connectivity index (χ1) is 6.90. The zero-order chi connectivity index (χ0) is 11.5. The van der Waals surface area contributed by atoms with Crippen molar-refractivity contribution in [2.24, 2.45) is 0 Å². The third-order valence-electron chi connectivity index (χ3n) is 2.50. The number of hydrogen-bond acceptors (Lipinski definition) is 3. The summed E-state index contributed by atoms with van der Waals surface area (Å²) < 4.78 is 5.31. The van der Waals surface area contributed by atoms with E-state index in [-0.39, 0.29) is 24.5 Å². The van der Waals surface area contributed by atoms with E-state index in [0.29, 0.717) is 0 Å². The fourth-order valence-electron chi connectivity index (χ4n) is 1.65. The van der Waals surface area contributed by atoms with E-state index in [9.17, 15) is 4.79 Å². The van der Waals surface area contributed by atoms with Gasteiger partial charge in [0.25, 0.3) is 0 Å². The Balaban J connectivity index is 0.00000225. The van der Waals surface area contributed by atoms with Crippen LogP contribution in [0.1, 0.15) is 33.6 Å². The van der Waals surface area contributed by atoms with Crippen molar-refractivity contribution in [2.45, 2.75) is 45.3 Å². The lowest BCUT2D eigenvalue weighted by Crippen LogP contribution is -2.48. The van der Waals surface area contributed by atoms with Crippen LogP contribution in [0, 0.1) is 0 Å². The van der Waals surface area contributed by atoms with E-state index in [1.165, 1.54) is 0 Å². The lowest BCUT2D eigenvalue weighted by atomic mass is 10.1. The minimum atomic E-state index is -0.409. The Bertz CT molecular complexity index is 223. The van der Waals surface area contributed by atoms with Gasteiger partial charge in [-0.2, -0.15) is 0 Å². The molecule has 0 aromatic carbocycles. The molecule has 0 spiro atoms. The van der Waals surface area contributed by atoms with Gasteiger partial charge in [-0.3, -0.25) is 0 Å². The summed E-state index contributed by atoms with van der Waals surface area (Å²) in [5.74, 6) is 0. The summed E-state index contributed by atoms with van der Waals surface area (Å²) in [7, 11) is 1.81. The Labute approximate surface area is 104 Å². The Morgan fingerprint density at radius 3 is 2.50 bits per heavy atom. The van der Waals surface area contributed by atoms with Gasteiger partial charge >= 0.3 is 6.09 Å². The standard InChI is InChI=1S/C11H22N2O2.ClH/c1-11(2,3)15-10(14)13(4)9-6-5-7-12-8-9;/h9,12H,5-8H2,1-4H3;1H/t9-;/m0./s1. The van der Waals surface area contributed by atoms with E-state index in [0.717, 1.165) is 25.9 Å². The van der Waals surface area contributed by atoms with Crippen molar-refractivity contribution in [3.8, 4) is 0 Å². The second-order valence-corrected chi connectivity index (χ2v) is 5.09. The molecule has 1 rings (SSSR count). The smallest absolute Gasteiger partial charge is 0.410 e. The molecule has 0 unspecified atom stereocenters. The zero-order valence-electron chi connectivity index (χ0n) is 10.6. The number of halogens is 1. The average Bonchev–Trinajstić information content (AvgIpc) is 2.15. The van der Waals surface area contributed by atoms with Crippen LogP contribution in [0.5, 0.6) is 0 Å². The molecule has 0 radical (unpaired) electrons. The van der Waals surface area contributed by atoms with Crippen LogP contribution >= 0.6 is 12.4 Å². The maximum atomic E-state index is 11.7. The number of rotatable bonds is 1. The molecule has 1 N–H and O–H groups in total. The van der Waals surface area contributed by atoms with Crippen LogP contribution in [0.15, 0.2) is 0 Å². The average molecular weight is 251 g/mol. The molecule has 0 aromatic rings. The minimum Gasteiger partial charge on any atom is -0.444 e. The summed E-state index contributed by atoms with van der Waals surface area (Å²) >= 11 is 0. The van der Waals surface area contributed by atoms with Crippen molar-refractivity contribution < 1.29 is 9.53 Å². The topological polar surface area (TPSA) is 41.6 Å². The highest BCUT2D eigenvalue weighted by molar-refractivity contribution is 5.85. The molecule has 0 aromatic heterocycles. The van der Waals surface area contributed by atoms with Crippen molar-refractivity contribution in [2.75, 3.05) is 20.1 Å². The lowest BCUT2D eigenvalue weighted by molar-refractivity contribution is 0.0201. The predicted octanol–water partition coefficient (Wildman–Crippen LogP) is 2.03. The molecule has 1 aliphatic heterocycles. The molecule has 1 amide bonds. The number of carbonyl (C=O) groups excluding carboxylic acids is 1. The Hall–Kier alpha value is -0.480. The van der Waals surface area contributed by atoms with Gasteiger partial charge in [0.05, 0.1) is 0 Å². The van der Waals surface area contributed by atoms with Gasteiger partial charge in [0.2, 0.25) is 0 Å². The largest absolute Gasteiger partial charge is 0.444 e. The van der Waals surface area contributed by atoms with Crippen LogP contribution in [0.4, 0.5) is 4.79 Å². The Kier molecular flexibility index (Phi) is 6.11. The molecule has 0 aliphatic carbocycles. The molecule has 0 saturated carbocycles. The molecule has 4 nitrogen and oxygen atoms in total. The molecular weight excluding hydrogens is 228 g/mol. The third-order valence-corrected chi connectivity index (χ3v) is 2.50. The first-order valence-corrected chi connectivity index (χ1v) is 5.56. The predicted molar refractivity (Wildman–Crippen MR) is 67.1 cm³/mol. The van der Waals surface area contributed by atoms with E-state index in [4.69, 9.17) is 4.74 Å². The van der Waals surface area contributed by atoms with Crippen LogP contribution < -0.4 is 5.32 Å². The molecule has 0 bridgehead atoms. The van der Waals surface area contributed by atoms with Gasteiger partial charge in [-0.1, -0.05) is 0 Å². The van der Waals surface area contributed by atoms with Crippen molar-refractivity contribution >= 4 is 18.5 Å². The highest BCUT2D eigenvalue weighted by Gasteiger charge is 2.26. The van der Waals surface area contributed by atoms with Crippen molar-refractivity contribution in [3.05, 3.63) is 0 Å². The molecule has 16 heavy (non-hydrogen) atoms. The number of nitrogens with zero attached hydrogens (tertiary/aromatic N) is 1. The van der Waals surface area contributed by atoms with Crippen molar-refractivity contribution in [1.29, 1.82) is 0 Å². The fourth-order valence-corrected chi connectivity index (χ4v) is 1.65. The van der Waals surface area contributed by atoms with Gasteiger partial charge in [-0.15, -0.1) is 12.4 Å². The monoisotopic (exact) mass is 250 g/mol. The van der Waals surface area contributed by atoms with Gasteiger partial charge in [0.1, 0.15) is 5.60 Å². The minimum absolute atomic E-state index is 0. The van der Waals surface area contributed by atoms with Crippen LogP contribution in [-0.4, -0.2) is 42.8 Å². The van der Waals surface area contributed by atoms with Gasteiger partial charge in [0, 0.05) is 19.6 Å². The van der Waals surface area contributed by atoms with Gasteiger partial charge in [-0.05, 0) is 40.2 Å². The summed E-state index contributed by atoms with van der Waals surface area (Å²) in [6.07, 6.45) is 1.96. The summed E-state index contributed by atoms with van der Waals surface area (Å²) in [4.78, 5) is 13.4. The highest BCUT2D eigenvalue weighted by atomic mass is 35.5. The maximum Gasteiger partial charge on any atom is 0.410 e. The Morgan fingerprint density at radius 2 is 2.06 bits per heavy atom. The number of amides is 1. The van der Waals surface area contributed by atoms with E-state index in [1.54, 1.807) is 4.90 Å². The summed E-state index contributed by atoms with van der Waals surface area (Å²) in [5, 5.41) is 3.28. The molecule has 1 saturated heterocycles. The maximum absolute atomic E-state index is 11.7. The van der Waals surface area contributed by atoms with E-state index in [1.807, 2.05) is 27.8 Å². The second kappa shape index (κ2) is 6.30.